The molecule has 0 saturated carbocycles. The Balaban J connectivity index is 2.26. The maximum atomic E-state index is 11.7. The van der Waals surface area contributed by atoms with Gasteiger partial charge in [0.15, 0.2) is 0 Å². The van der Waals surface area contributed by atoms with E-state index in [-0.39, 0.29) is 24.8 Å². The fourth-order valence-corrected chi connectivity index (χ4v) is 2.39. The van der Waals surface area contributed by atoms with Crippen molar-refractivity contribution in [1.29, 1.82) is 0 Å². The van der Waals surface area contributed by atoms with Crippen molar-refractivity contribution in [2.24, 2.45) is 5.92 Å². The fourth-order valence-electron chi connectivity index (χ4n) is 2.39. The summed E-state index contributed by atoms with van der Waals surface area (Å²) in [4.78, 5) is 35.7. The summed E-state index contributed by atoms with van der Waals surface area (Å²) in [5, 5.41) is 13.5. The van der Waals surface area contributed by atoms with E-state index >= 15 is 0 Å². The summed E-state index contributed by atoms with van der Waals surface area (Å²) < 4.78 is 4.78. The van der Waals surface area contributed by atoms with Crippen LogP contribution in [0.3, 0.4) is 0 Å². The summed E-state index contributed by atoms with van der Waals surface area (Å²) >= 11 is 0. The van der Waals surface area contributed by atoms with Crippen LogP contribution in [0.2, 0.25) is 0 Å². The average Bonchev–Trinajstić information content (AvgIpc) is 2.38. The lowest BCUT2D eigenvalue weighted by atomic mass is 9.95. The highest BCUT2D eigenvalue weighted by molar-refractivity contribution is 5.95. The number of rotatable bonds is 7. The molecule has 120 valence electrons. The molecule has 8 nitrogen and oxygen atoms in total. The highest BCUT2D eigenvalue weighted by atomic mass is 16.5. The fraction of sp³-hybridized carbons (Fsp3) is 0.769. The zero-order chi connectivity index (χ0) is 15.7. The monoisotopic (exact) mass is 301 g/mol. The molecular formula is C13H23N3O5. The summed E-state index contributed by atoms with van der Waals surface area (Å²) in [5.74, 6) is -1.13. The Hall–Kier alpha value is -1.67. The van der Waals surface area contributed by atoms with Crippen LogP contribution < -0.4 is 10.6 Å². The van der Waals surface area contributed by atoms with Crippen LogP contribution >= 0.6 is 0 Å². The first kappa shape index (κ1) is 17.4. The molecule has 0 aromatic rings. The van der Waals surface area contributed by atoms with Gasteiger partial charge < -0.3 is 15.2 Å². The van der Waals surface area contributed by atoms with Gasteiger partial charge in [-0.05, 0) is 25.3 Å². The van der Waals surface area contributed by atoms with E-state index in [1.54, 1.807) is 0 Å². The number of nitrogens with zero attached hydrogens (tertiary/aromatic N) is 1. The van der Waals surface area contributed by atoms with Gasteiger partial charge in [0.25, 0.3) is 0 Å². The number of nitrogens with one attached hydrogen (secondary N) is 2. The largest absolute Gasteiger partial charge is 0.481 e. The number of piperidine rings is 1. The van der Waals surface area contributed by atoms with Gasteiger partial charge in [-0.15, -0.1) is 0 Å². The molecule has 1 aliphatic heterocycles. The summed E-state index contributed by atoms with van der Waals surface area (Å²) in [6, 6.07) is -0.545. The molecule has 3 N–H and O–H groups in total. The van der Waals surface area contributed by atoms with Gasteiger partial charge in [0, 0.05) is 26.6 Å². The Bertz CT molecular complexity index is 375. The molecule has 0 bridgehead atoms. The maximum absolute atomic E-state index is 11.7. The van der Waals surface area contributed by atoms with Gasteiger partial charge in [0.1, 0.15) is 0 Å². The van der Waals surface area contributed by atoms with Gasteiger partial charge in [-0.25, -0.2) is 4.79 Å². The Kier molecular flexibility index (Phi) is 7.70. The molecule has 0 aromatic heterocycles. The van der Waals surface area contributed by atoms with Crippen molar-refractivity contribution in [3.05, 3.63) is 0 Å². The second-order valence-corrected chi connectivity index (χ2v) is 5.14. The number of imide groups is 1. The molecule has 1 saturated heterocycles. The number of amides is 3. The van der Waals surface area contributed by atoms with Gasteiger partial charge in [-0.3, -0.25) is 19.8 Å². The van der Waals surface area contributed by atoms with Crippen LogP contribution in [0.4, 0.5) is 4.79 Å². The molecule has 3 amide bonds. The molecule has 1 unspecified atom stereocenters. The Morgan fingerprint density at radius 3 is 2.81 bits per heavy atom. The number of hydrogen-bond acceptors (Lipinski definition) is 5. The topological polar surface area (TPSA) is 108 Å². The van der Waals surface area contributed by atoms with E-state index in [4.69, 9.17) is 9.84 Å². The Morgan fingerprint density at radius 1 is 1.38 bits per heavy atom. The molecule has 1 aliphatic rings. The van der Waals surface area contributed by atoms with Crippen LogP contribution in [-0.4, -0.2) is 67.8 Å². The minimum atomic E-state index is -0.816. The lowest BCUT2D eigenvalue weighted by molar-refractivity contribution is -0.138. The third kappa shape index (κ3) is 7.62. The van der Waals surface area contributed by atoms with Gasteiger partial charge >= 0.3 is 12.0 Å². The van der Waals surface area contributed by atoms with Gasteiger partial charge in [-0.2, -0.15) is 0 Å². The molecule has 1 atom stereocenters. The van der Waals surface area contributed by atoms with E-state index in [2.05, 4.69) is 10.6 Å². The van der Waals surface area contributed by atoms with Crippen molar-refractivity contribution in [3.8, 4) is 0 Å². The van der Waals surface area contributed by atoms with Gasteiger partial charge in [0.05, 0.1) is 13.2 Å². The standard InChI is InChI=1S/C13H23N3O5/c1-21-6-4-14-13(20)15-11(17)9-16-5-2-3-10(8-16)7-12(18)19/h10H,2-9H2,1H3,(H,18,19)(H2,14,15,17,20). The quantitative estimate of drug-likeness (QED) is 0.555. The second-order valence-electron chi connectivity index (χ2n) is 5.14. The highest BCUT2D eigenvalue weighted by Crippen LogP contribution is 2.19. The van der Waals surface area contributed by atoms with Gasteiger partial charge in [0.2, 0.25) is 5.91 Å². The number of urea groups is 1. The molecule has 21 heavy (non-hydrogen) atoms. The van der Waals surface area contributed by atoms with Crippen molar-refractivity contribution >= 4 is 17.9 Å². The number of carboxylic acid groups (broad SMARTS) is 1. The molecule has 0 aromatic carbocycles. The van der Waals surface area contributed by atoms with Crippen molar-refractivity contribution in [2.75, 3.05) is 39.9 Å². The van der Waals surface area contributed by atoms with E-state index in [1.807, 2.05) is 4.90 Å². The van der Waals surface area contributed by atoms with Crippen LogP contribution in [0.1, 0.15) is 19.3 Å². The zero-order valence-corrected chi connectivity index (χ0v) is 12.3. The zero-order valence-electron chi connectivity index (χ0n) is 12.3. The number of aliphatic carboxylic acids is 1. The average molecular weight is 301 g/mol. The Morgan fingerprint density at radius 2 is 2.14 bits per heavy atom. The molecule has 0 aliphatic carbocycles. The summed E-state index contributed by atoms with van der Waals surface area (Å²) in [5.41, 5.74) is 0. The molecule has 1 rings (SSSR count). The molecular weight excluding hydrogens is 278 g/mol. The highest BCUT2D eigenvalue weighted by Gasteiger charge is 2.23. The van der Waals surface area contributed by atoms with E-state index < -0.39 is 12.0 Å². The maximum Gasteiger partial charge on any atom is 0.321 e. The predicted molar refractivity (Wildman–Crippen MR) is 74.8 cm³/mol. The summed E-state index contributed by atoms with van der Waals surface area (Å²) in [6.45, 7) is 2.14. The van der Waals surface area contributed by atoms with Crippen molar-refractivity contribution in [1.82, 2.24) is 15.5 Å². The minimum absolute atomic E-state index is 0.0691. The first-order valence-electron chi connectivity index (χ1n) is 7.02. The first-order chi connectivity index (χ1) is 10.0. The normalized spacial score (nSPS) is 19.0. The molecule has 0 radical (unpaired) electrons. The summed E-state index contributed by atoms with van der Waals surface area (Å²) in [7, 11) is 1.52. The SMILES string of the molecule is COCCNC(=O)NC(=O)CN1CCCC(CC(=O)O)C1. The molecule has 1 fully saturated rings. The first-order valence-corrected chi connectivity index (χ1v) is 7.02. The van der Waals surface area contributed by atoms with E-state index in [0.717, 1.165) is 19.4 Å². The van der Waals surface area contributed by atoms with Crippen molar-refractivity contribution in [2.45, 2.75) is 19.3 Å². The lowest BCUT2D eigenvalue weighted by Crippen LogP contribution is -2.47. The smallest absolute Gasteiger partial charge is 0.321 e. The van der Waals surface area contributed by atoms with Gasteiger partial charge in [-0.1, -0.05) is 0 Å². The van der Waals surface area contributed by atoms with Crippen molar-refractivity contribution < 1.29 is 24.2 Å². The Labute approximate surface area is 123 Å². The number of methoxy groups -OCH3 is 1. The second kappa shape index (κ2) is 9.30. The number of carbonyl (C=O) groups excluding carboxylic acids is 2. The predicted octanol–water partition coefficient (Wildman–Crippen LogP) is -0.355. The number of carboxylic acids is 1. The van der Waals surface area contributed by atoms with Crippen LogP contribution in [0.25, 0.3) is 0 Å². The number of hydrogen-bond donors (Lipinski definition) is 3. The number of ether oxygens (including phenoxy) is 1. The van der Waals surface area contributed by atoms with E-state index in [9.17, 15) is 14.4 Å². The van der Waals surface area contributed by atoms with Crippen LogP contribution in [0, 0.1) is 5.92 Å². The lowest BCUT2D eigenvalue weighted by Gasteiger charge is -2.31. The van der Waals surface area contributed by atoms with Crippen LogP contribution in [0.15, 0.2) is 0 Å². The van der Waals surface area contributed by atoms with Crippen LogP contribution in [-0.2, 0) is 14.3 Å². The molecule has 8 heteroatoms. The van der Waals surface area contributed by atoms with Crippen molar-refractivity contribution in [3.63, 3.8) is 0 Å². The third-order valence-corrected chi connectivity index (χ3v) is 3.28. The molecule has 1 heterocycles. The number of likely N-dealkylation sites (tertiary alicyclic amines) is 1. The summed E-state index contributed by atoms with van der Waals surface area (Å²) in [6.07, 6.45) is 1.85. The third-order valence-electron chi connectivity index (χ3n) is 3.28. The minimum Gasteiger partial charge on any atom is -0.481 e. The van der Waals surface area contributed by atoms with E-state index in [0.29, 0.717) is 19.7 Å². The van der Waals surface area contributed by atoms with Crippen LogP contribution in [0.5, 0.6) is 0 Å². The van der Waals surface area contributed by atoms with E-state index in [1.165, 1.54) is 7.11 Å². The molecule has 0 spiro atoms. The number of carbonyl (C=O) groups is 3.